The number of methoxy groups -OCH3 is 2. The third-order valence-corrected chi connectivity index (χ3v) is 5.33. The van der Waals surface area contributed by atoms with Crippen molar-refractivity contribution >= 4 is 10.9 Å². The molecule has 1 aliphatic rings. The summed E-state index contributed by atoms with van der Waals surface area (Å²) in [5.74, 6) is 1.39. The maximum Gasteiger partial charge on any atom is 0.253 e. The summed E-state index contributed by atoms with van der Waals surface area (Å²) in [4.78, 5) is 16.0. The van der Waals surface area contributed by atoms with E-state index in [4.69, 9.17) is 9.47 Å². The van der Waals surface area contributed by atoms with Gasteiger partial charge in [0, 0.05) is 12.1 Å². The molecule has 0 aliphatic carbocycles. The first kappa shape index (κ1) is 17.6. The Balaban J connectivity index is 1.91. The van der Waals surface area contributed by atoms with E-state index >= 15 is 0 Å². The first-order valence-corrected chi connectivity index (χ1v) is 9.14. The SMILES string of the molecule is COc1cc2c(cc1OC)[C@@H](c1cc3cc(C)cc(C)c3[nH]c1=O)NCC2. The number of H-pyrrole nitrogens is 1. The zero-order valence-electron chi connectivity index (χ0n) is 16.1. The Morgan fingerprint density at radius 1 is 0.963 bits per heavy atom. The van der Waals surface area contributed by atoms with Crippen molar-refractivity contribution in [1.82, 2.24) is 10.3 Å². The minimum atomic E-state index is -0.178. The van der Waals surface area contributed by atoms with Crippen LogP contribution in [0.3, 0.4) is 0 Å². The van der Waals surface area contributed by atoms with E-state index in [9.17, 15) is 4.79 Å². The quantitative estimate of drug-likeness (QED) is 0.748. The van der Waals surface area contributed by atoms with E-state index in [0.29, 0.717) is 5.75 Å². The topological polar surface area (TPSA) is 63.4 Å². The lowest BCUT2D eigenvalue weighted by Gasteiger charge is -2.28. The Hall–Kier alpha value is -2.79. The van der Waals surface area contributed by atoms with Gasteiger partial charge in [-0.1, -0.05) is 11.6 Å². The summed E-state index contributed by atoms with van der Waals surface area (Å²) in [6, 6.07) is 10.0. The summed E-state index contributed by atoms with van der Waals surface area (Å²) in [6.07, 6.45) is 0.885. The minimum Gasteiger partial charge on any atom is -0.493 e. The normalized spacial score (nSPS) is 16.2. The smallest absolute Gasteiger partial charge is 0.253 e. The molecule has 140 valence electrons. The molecule has 2 N–H and O–H groups in total. The number of aromatic amines is 1. The summed E-state index contributed by atoms with van der Waals surface area (Å²) in [6.45, 7) is 4.90. The van der Waals surface area contributed by atoms with Crippen LogP contribution >= 0.6 is 0 Å². The van der Waals surface area contributed by atoms with Crippen LogP contribution in [0.25, 0.3) is 10.9 Å². The molecule has 0 saturated carbocycles. The Kier molecular flexibility index (Phi) is 4.40. The van der Waals surface area contributed by atoms with Gasteiger partial charge < -0.3 is 19.8 Å². The molecule has 1 atom stereocenters. The van der Waals surface area contributed by atoms with E-state index < -0.39 is 0 Å². The number of hydrogen-bond acceptors (Lipinski definition) is 4. The van der Waals surface area contributed by atoms with Gasteiger partial charge in [-0.3, -0.25) is 4.79 Å². The second-order valence-electron chi connectivity index (χ2n) is 7.14. The van der Waals surface area contributed by atoms with E-state index in [1.165, 1.54) is 11.1 Å². The van der Waals surface area contributed by atoms with Gasteiger partial charge in [-0.05, 0) is 66.6 Å². The van der Waals surface area contributed by atoms with Gasteiger partial charge in [-0.25, -0.2) is 0 Å². The van der Waals surface area contributed by atoms with Crippen molar-refractivity contribution in [2.24, 2.45) is 0 Å². The van der Waals surface area contributed by atoms with Crippen LogP contribution in [0.15, 0.2) is 35.1 Å². The summed E-state index contributed by atoms with van der Waals surface area (Å²) in [5, 5.41) is 4.55. The molecule has 1 aromatic heterocycles. The molecule has 0 unspecified atom stereocenters. The van der Waals surface area contributed by atoms with Crippen LogP contribution in [0, 0.1) is 13.8 Å². The van der Waals surface area contributed by atoms with Crippen LogP contribution in [-0.2, 0) is 6.42 Å². The van der Waals surface area contributed by atoms with Crippen molar-refractivity contribution in [2.75, 3.05) is 20.8 Å². The van der Waals surface area contributed by atoms with E-state index in [2.05, 4.69) is 29.4 Å². The number of pyridine rings is 1. The zero-order valence-corrected chi connectivity index (χ0v) is 16.1. The lowest BCUT2D eigenvalue weighted by molar-refractivity contribution is 0.353. The number of fused-ring (bicyclic) bond motifs is 2. The average Bonchev–Trinajstić information content (AvgIpc) is 2.66. The summed E-state index contributed by atoms with van der Waals surface area (Å²) in [5.41, 5.74) is 6.07. The van der Waals surface area contributed by atoms with Crippen molar-refractivity contribution in [3.8, 4) is 11.5 Å². The number of hydrogen-bond donors (Lipinski definition) is 2. The van der Waals surface area contributed by atoms with Crippen LogP contribution in [0.5, 0.6) is 11.5 Å². The predicted molar refractivity (Wildman–Crippen MR) is 107 cm³/mol. The van der Waals surface area contributed by atoms with Gasteiger partial charge in [-0.15, -0.1) is 0 Å². The molecule has 5 nitrogen and oxygen atoms in total. The Labute approximate surface area is 158 Å². The van der Waals surface area contributed by atoms with Crippen LogP contribution in [0.2, 0.25) is 0 Å². The number of rotatable bonds is 3. The second-order valence-corrected chi connectivity index (χ2v) is 7.14. The fourth-order valence-electron chi connectivity index (χ4n) is 4.08. The Morgan fingerprint density at radius 3 is 2.44 bits per heavy atom. The van der Waals surface area contributed by atoms with E-state index in [1.54, 1.807) is 14.2 Å². The summed E-state index contributed by atoms with van der Waals surface area (Å²) < 4.78 is 10.9. The van der Waals surface area contributed by atoms with Crippen molar-refractivity contribution in [2.45, 2.75) is 26.3 Å². The highest BCUT2D eigenvalue weighted by Gasteiger charge is 2.26. The number of aromatic nitrogens is 1. The number of ether oxygens (including phenoxy) is 2. The third kappa shape index (κ3) is 2.98. The molecule has 0 amide bonds. The van der Waals surface area contributed by atoms with Crippen molar-refractivity contribution in [3.63, 3.8) is 0 Å². The lowest BCUT2D eigenvalue weighted by Crippen LogP contribution is -2.34. The highest BCUT2D eigenvalue weighted by molar-refractivity contribution is 5.83. The largest absolute Gasteiger partial charge is 0.493 e. The molecule has 1 aliphatic heterocycles. The van der Waals surface area contributed by atoms with Gasteiger partial charge >= 0.3 is 0 Å². The van der Waals surface area contributed by atoms with Crippen LogP contribution in [0.1, 0.15) is 33.9 Å². The molecule has 4 rings (SSSR count). The molecular formula is C22H24N2O3. The first-order valence-electron chi connectivity index (χ1n) is 9.14. The molecule has 0 spiro atoms. The molecule has 2 aromatic carbocycles. The van der Waals surface area contributed by atoms with E-state index in [-0.39, 0.29) is 11.6 Å². The standard InChI is InChI=1S/C22H24N2O3/c1-12-7-13(2)20-15(8-12)9-17(22(25)24-20)21-16-11-19(27-4)18(26-3)10-14(16)5-6-23-21/h7-11,21,23H,5-6H2,1-4H3,(H,24,25)/t21-/m0/s1. The first-order chi connectivity index (χ1) is 13.0. The third-order valence-electron chi connectivity index (χ3n) is 5.33. The Morgan fingerprint density at radius 2 is 1.70 bits per heavy atom. The van der Waals surface area contributed by atoms with Crippen LogP contribution < -0.4 is 20.3 Å². The highest BCUT2D eigenvalue weighted by Crippen LogP contribution is 2.37. The highest BCUT2D eigenvalue weighted by atomic mass is 16.5. The fourth-order valence-corrected chi connectivity index (χ4v) is 4.08. The van der Waals surface area contributed by atoms with Crippen molar-refractivity contribution in [1.29, 1.82) is 0 Å². The lowest BCUT2D eigenvalue weighted by atomic mass is 9.89. The molecule has 0 bridgehead atoms. The fraction of sp³-hybridized carbons (Fsp3) is 0.318. The van der Waals surface area contributed by atoms with Crippen LogP contribution in [0.4, 0.5) is 0 Å². The molecule has 3 aromatic rings. The Bertz CT molecular complexity index is 1090. The molecule has 5 heteroatoms. The summed E-state index contributed by atoms with van der Waals surface area (Å²) >= 11 is 0. The van der Waals surface area contributed by atoms with Gasteiger partial charge in [0.1, 0.15) is 0 Å². The molecule has 0 fully saturated rings. The molecule has 0 saturated heterocycles. The van der Waals surface area contributed by atoms with Gasteiger partial charge in [0.2, 0.25) is 0 Å². The maximum atomic E-state index is 12.9. The van der Waals surface area contributed by atoms with Crippen molar-refractivity contribution < 1.29 is 9.47 Å². The van der Waals surface area contributed by atoms with Crippen LogP contribution in [-0.4, -0.2) is 25.7 Å². The summed E-state index contributed by atoms with van der Waals surface area (Å²) in [7, 11) is 3.27. The average molecular weight is 364 g/mol. The van der Waals surface area contributed by atoms with E-state index in [0.717, 1.165) is 46.3 Å². The van der Waals surface area contributed by atoms with Gasteiger partial charge in [0.15, 0.2) is 11.5 Å². The minimum absolute atomic E-state index is 0.0606. The van der Waals surface area contributed by atoms with Crippen molar-refractivity contribution in [3.05, 3.63) is 68.5 Å². The number of benzene rings is 2. The second kappa shape index (κ2) is 6.74. The molecular weight excluding hydrogens is 340 g/mol. The van der Waals surface area contributed by atoms with E-state index in [1.807, 2.05) is 25.1 Å². The zero-order chi connectivity index (χ0) is 19.1. The molecule has 27 heavy (non-hydrogen) atoms. The monoisotopic (exact) mass is 364 g/mol. The maximum absolute atomic E-state index is 12.9. The number of nitrogens with one attached hydrogen (secondary N) is 2. The molecule has 0 radical (unpaired) electrons. The molecule has 2 heterocycles. The number of aryl methyl sites for hydroxylation is 2. The van der Waals surface area contributed by atoms with Gasteiger partial charge in [-0.2, -0.15) is 0 Å². The van der Waals surface area contributed by atoms with Gasteiger partial charge in [0.05, 0.1) is 25.8 Å². The predicted octanol–water partition coefficient (Wildman–Crippen LogP) is 3.40. The van der Waals surface area contributed by atoms with Gasteiger partial charge in [0.25, 0.3) is 5.56 Å².